The Hall–Kier alpha value is -1.56. The first-order chi connectivity index (χ1) is 9.97. The van der Waals surface area contributed by atoms with E-state index in [4.69, 9.17) is 4.74 Å². The molecule has 3 unspecified atom stereocenters. The van der Waals surface area contributed by atoms with Gasteiger partial charge in [-0.2, -0.15) is 13.2 Å². The quantitative estimate of drug-likeness (QED) is 0.932. The Morgan fingerprint density at radius 3 is 2.71 bits per heavy atom. The van der Waals surface area contributed by atoms with Crippen molar-refractivity contribution in [2.45, 2.75) is 43.5 Å². The van der Waals surface area contributed by atoms with Crippen LogP contribution in [0.2, 0.25) is 0 Å². The summed E-state index contributed by atoms with van der Waals surface area (Å²) in [4.78, 5) is 11.9. The molecule has 1 aromatic rings. The highest BCUT2D eigenvalue weighted by molar-refractivity contribution is 5.81. The van der Waals surface area contributed by atoms with Gasteiger partial charge >= 0.3 is 6.18 Å². The number of carbonyl (C=O) groups excluding carboxylic acids is 1. The highest BCUT2D eigenvalue weighted by Gasteiger charge is 2.45. The third-order valence-corrected chi connectivity index (χ3v) is 4.01. The van der Waals surface area contributed by atoms with Gasteiger partial charge in [0.1, 0.15) is 6.10 Å². The maximum Gasteiger partial charge on any atom is 0.416 e. The van der Waals surface area contributed by atoms with Gasteiger partial charge in [0.05, 0.1) is 5.56 Å². The van der Waals surface area contributed by atoms with Crippen molar-refractivity contribution in [3.63, 3.8) is 0 Å². The summed E-state index contributed by atoms with van der Waals surface area (Å²) in [6.45, 7) is 0.573. The van der Waals surface area contributed by atoms with E-state index in [9.17, 15) is 18.0 Å². The summed E-state index contributed by atoms with van der Waals surface area (Å²) in [7, 11) is 0. The second kappa shape index (κ2) is 5.33. The molecule has 2 aliphatic rings. The fourth-order valence-corrected chi connectivity index (χ4v) is 2.84. The Morgan fingerprint density at radius 1 is 1.29 bits per heavy atom. The van der Waals surface area contributed by atoms with Gasteiger partial charge in [0.25, 0.3) is 0 Å². The summed E-state index contributed by atoms with van der Waals surface area (Å²) in [5.74, 6) is -0.460. The van der Waals surface area contributed by atoms with Crippen molar-refractivity contribution < 1.29 is 22.7 Å². The number of ether oxygens (including phenoxy) is 1. The Morgan fingerprint density at radius 2 is 2.05 bits per heavy atom. The van der Waals surface area contributed by atoms with E-state index in [1.54, 1.807) is 6.07 Å². The molecule has 1 aromatic carbocycles. The Kier molecular flexibility index (Phi) is 3.65. The van der Waals surface area contributed by atoms with Crippen LogP contribution in [0, 0.1) is 0 Å². The van der Waals surface area contributed by atoms with Crippen LogP contribution in [0.3, 0.4) is 0 Å². The van der Waals surface area contributed by atoms with E-state index >= 15 is 0 Å². The molecule has 0 spiro atoms. The van der Waals surface area contributed by atoms with Crippen LogP contribution in [-0.4, -0.2) is 24.7 Å². The van der Waals surface area contributed by atoms with Crippen molar-refractivity contribution in [3.8, 4) is 0 Å². The topological polar surface area (TPSA) is 38.3 Å². The zero-order valence-corrected chi connectivity index (χ0v) is 11.3. The lowest BCUT2D eigenvalue weighted by Gasteiger charge is -2.13. The number of hydrogen-bond donors (Lipinski definition) is 1. The van der Waals surface area contributed by atoms with Crippen LogP contribution in [0.15, 0.2) is 24.3 Å². The number of halogens is 3. The molecule has 2 fully saturated rings. The molecule has 3 rings (SSSR count). The summed E-state index contributed by atoms with van der Waals surface area (Å²) in [5.41, 5.74) is -0.341. The summed E-state index contributed by atoms with van der Waals surface area (Å²) >= 11 is 0. The molecule has 1 saturated heterocycles. The van der Waals surface area contributed by atoms with Gasteiger partial charge in [0.2, 0.25) is 5.91 Å². The van der Waals surface area contributed by atoms with Crippen molar-refractivity contribution in [3.05, 3.63) is 35.4 Å². The summed E-state index contributed by atoms with van der Waals surface area (Å²) in [5, 5.41) is 2.79. The summed E-state index contributed by atoms with van der Waals surface area (Å²) in [6, 6.07) is 5.35. The molecular formula is C15H16F3NO2. The van der Waals surface area contributed by atoms with Crippen molar-refractivity contribution in [1.29, 1.82) is 0 Å². The summed E-state index contributed by atoms with van der Waals surface area (Å²) in [6.07, 6.45) is -2.72. The molecule has 1 aliphatic heterocycles. The molecule has 21 heavy (non-hydrogen) atoms. The van der Waals surface area contributed by atoms with Gasteiger partial charge in [0, 0.05) is 18.6 Å². The highest BCUT2D eigenvalue weighted by Crippen LogP contribution is 2.46. The normalized spacial score (nSPS) is 28.4. The third-order valence-electron chi connectivity index (χ3n) is 4.01. The Bertz CT molecular complexity index is 538. The minimum atomic E-state index is -4.36. The number of nitrogens with one attached hydrogen (secondary N) is 1. The van der Waals surface area contributed by atoms with Crippen LogP contribution < -0.4 is 5.32 Å². The first-order valence-corrected chi connectivity index (χ1v) is 7.05. The van der Waals surface area contributed by atoms with E-state index in [1.165, 1.54) is 12.1 Å². The summed E-state index contributed by atoms with van der Waals surface area (Å²) < 4.78 is 44.2. The highest BCUT2D eigenvalue weighted by atomic mass is 19.4. The van der Waals surface area contributed by atoms with Gasteiger partial charge in [-0.05, 0) is 30.9 Å². The van der Waals surface area contributed by atoms with Gasteiger partial charge in [-0.15, -0.1) is 0 Å². The molecule has 114 valence electrons. The molecular weight excluding hydrogens is 283 g/mol. The van der Waals surface area contributed by atoms with Crippen LogP contribution in [0.4, 0.5) is 13.2 Å². The molecule has 0 aromatic heterocycles. The number of rotatable bonds is 3. The second-order valence-electron chi connectivity index (χ2n) is 5.54. The zero-order chi connectivity index (χ0) is 15.0. The van der Waals surface area contributed by atoms with Gasteiger partial charge in [-0.3, -0.25) is 4.79 Å². The fourth-order valence-electron chi connectivity index (χ4n) is 2.84. The number of hydrogen-bond acceptors (Lipinski definition) is 2. The first-order valence-electron chi connectivity index (χ1n) is 7.05. The maximum atomic E-state index is 13.0. The van der Waals surface area contributed by atoms with Gasteiger partial charge < -0.3 is 10.1 Å². The van der Waals surface area contributed by atoms with Crippen LogP contribution in [-0.2, 0) is 15.7 Å². The first kappa shape index (κ1) is 14.4. The minimum absolute atomic E-state index is 0.204. The third kappa shape index (κ3) is 3.05. The van der Waals surface area contributed by atoms with E-state index in [2.05, 4.69) is 5.32 Å². The smallest absolute Gasteiger partial charge is 0.368 e. The van der Waals surface area contributed by atoms with Crippen molar-refractivity contribution in [2.75, 3.05) is 6.61 Å². The lowest BCUT2D eigenvalue weighted by Crippen LogP contribution is -2.36. The van der Waals surface area contributed by atoms with Crippen LogP contribution in [0.25, 0.3) is 0 Å². The Balaban J connectivity index is 1.67. The number of benzene rings is 1. The van der Waals surface area contributed by atoms with E-state index in [0.29, 0.717) is 19.4 Å². The maximum absolute atomic E-state index is 13.0. The molecule has 0 bridgehead atoms. The lowest BCUT2D eigenvalue weighted by atomic mass is 10.0. The molecule has 1 amide bonds. The average molecular weight is 299 g/mol. The van der Waals surface area contributed by atoms with Crippen molar-refractivity contribution >= 4 is 5.91 Å². The van der Waals surface area contributed by atoms with Crippen molar-refractivity contribution in [1.82, 2.24) is 5.32 Å². The molecule has 6 heteroatoms. The number of alkyl halides is 3. The number of carbonyl (C=O) groups is 1. The number of amides is 1. The van der Waals surface area contributed by atoms with Crippen LogP contribution >= 0.6 is 0 Å². The molecule has 3 nitrogen and oxygen atoms in total. The van der Waals surface area contributed by atoms with E-state index in [-0.39, 0.29) is 23.4 Å². The fraction of sp³-hybridized carbons (Fsp3) is 0.533. The SMILES string of the molecule is O=C(NC1CC1c1ccccc1C(F)(F)F)C1CCCO1. The largest absolute Gasteiger partial charge is 0.416 e. The average Bonchev–Trinajstić information content (AvgIpc) is 2.98. The van der Waals surface area contributed by atoms with Gasteiger partial charge in [-0.25, -0.2) is 0 Å². The predicted octanol–water partition coefficient (Wildman–Crippen LogP) is 2.86. The molecule has 0 radical (unpaired) electrons. The minimum Gasteiger partial charge on any atom is -0.368 e. The molecule has 1 heterocycles. The Labute approximate surface area is 120 Å². The van der Waals surface area contributed by atoms with E-state index < -0.39 is 17.8 Å². The molecule has 1 aliphatic carbocycles. The van der Waals surface area contributed by atoms with Crippen LogP contribution in [0.1, 0.15) is 36.3 Å². The predicted molar refractivity (Wildman–Crippen MR) is 69.7 cm³/mol. The molecule has 1 saturated carbocycles. The molecule has 3 atom stereocenters. The molecule has 1 N–H and O–H groups in total. The van der Waals surface area contributed by atoms with E-state index in [1.807, 2.05) is 0 Å². The monoisotopic (exact) mass is 299 g/mol. The van der Waals surface area contributed by atoms with Gasteiger partial charge in [0.15, 0.2) is 0 Å². The van der Waals surface area contributed by atoms with Crippen molar-refractivity contribution in [2.24, 2.45) is 0 Å². The zero-order valence-electron chi connectivity index (χ0n) is 11.3. The standard InChI is InChI=1S/C15H16F3NO2/c16-15(17,18)11-5-2-1-4-9(11)10-8-12(10)19-14(20)13-6-3-7-21-13/h1-2,4-5,10,12-13H,3,6-8H2,(H,19,20). The van der Waals surface area contributed by atoms with E-state index in [0.717, 1.165) is 12.5 Å². The second-order valence-corrected chi connectivity index (χ2v) is 5.54. The lowest BCUT2D eigenvalue weighted by molar-refractivity contribution is -0.138. The van der Waals surface area contributed by atoms with Gasteiger partial charge in [-0.1, -0.05) is 18.2 Å². The van der Waals surface area contributed by atoms with Crippen LogP contribution in [0.5, 0.6) is 0 Å².